The molecule has 0 fully saturated rings. The van der Waals surface area contributed by atoms with Crippen LogP contribution in [0, 0.1) is 0 Å². The van der Waals surface area contributed by atoms with Crippen LogP contribution in [-0.2, 0) is 4.74 Å². The molecule has 2 N–H and O–H groups in total. The minimum absolute atomic E-state index is 0.234. The first-order chi connectivity index (χ1) is 10.0. The van der Waals surface area contributed by atoms with Crippen LogP contribution in [0.15, 0.2) is 40.9 Å². The van der Waals surface area contributed by atoms with Crippen LogP contribution in [0.3, 0.4) is 0 Å². The lowest BCUT2D eigenvalue weighted by Gasteiger charge is -2.12. The molecule has 0 atom stereocenters. The molecule has 0 aromatic heterocycles. The Balaban J connectivity index is 2.32. The van der Waals surface area contributed by atoms with Gasteiger partial charge in [-0.3, -0.25) is 0 Å². The smallest absolute Gasteiger partial charge is 0.340 e. The highest BCUT2D eigenvalue weighted by Crippen LogP contribution is 2.35. The van der Waals surface area contributed by atoms with Crippen LogP contribution in [0.1, 0.15) is 17.3 Å². The maximum absolute atomic E-state index is 11.8. The number of para-hydroxylation sites is 1. The zero-order valence-electron chi connectivity index (χ0n) is 11.2. The maximum Gasteiger partial charge on any atom is 0.340 e. The number of esters is 1. The van der Waals surface area contributed by atoms with Crippen molar-refractivity contribution in [3.8, 4) is 11.5 Å². The summed E-state index contributed by atoms with van der Waals surface area (Å²) in [6.07, 6.45) is 0. The third-order valence-electron chi connectivity index (χ3n) is 2.68. The van der Waals surface area contributed by atoms with Crippen molar-refractivity contribution in [1.29, 1.82) is 0 Å². The minimum Gasteiger partial charge on any atom is -0.462 e. The minimum atomic E-state index is -0.476. The number of nitrogens with two attached hydrogens (primary N) is 1. The topological polar surface area (TPSA) is 61.5 Å². The van der Waals surface area contributed by atoms with E-state index in [1.54, 1.807) is 43.3 Å². The molecule has 0 radical (unpaired) electrons. The number of anilines is 1. The standard InChI is InChI=1S/C15H13BrClNO3/c1-2-20-15(19)10-4-3-5-13(14(10)18)21-12-7-6-9(17)8-11(12)16/h3-8H,2,18H2,1H3. The molecule has 2 rings (SSSR count). The van der Waals surface area contributed by atoms with Crippen LogP contribution < -0.4 is 10.5 Å². The second-order valence-corrected chi connectivity index (χ2v) is 5.41. The molecule has 0 spiro atoms. The van der Waals surface area contributed by atoms with E-state index in [-0.39, 0.29) is 17.9 Å². The summed E-state index contributed by atoms with van der Waals surface area (Å²) in [5, 5.41) is 0.586. The van der Waals surface area contributed by atoms with Crippen LogP contribution in [0.2, 0.25) is 5.02 Å². The molecule has 2 aromatic carbocycles. The Morgan fingerprint density at radius 2 is 2.05 bits per heavy atom. The predicted molar refractivity (Wildman–Crippen MR) is 86.0 cm³/mol. The van der Waals surface area contributed by atoms with Gasteiger partial charge in [0.15, 0.2) is 5.75 Å². The molecule has 4 nitrogen and oxygen atoms in total. The summed E-state index contributed by atoms with van der Waals surface area (Å²) >= 11 is 9.24. The molecule has 0 saturated carbocycles. The summed E-state index contributed by atoms with van der Waals surface area (Å²) in [7, 11) is 0. The van der Waals surface area contributed by atoms with E-state index in [9.17, 15) is 4.79 Å². The van der Waals surface area contributed by atoms with Crippen LogP contribution in [-0.4, -0.2) is 12.6 Å². The Hall–Kier alpha value is -1.72. The Bertz CT molecular complexity index is 676. The summed E-state index contributed by atoms with van der Waals surface area (Å²) in [4.78, 5) is 11.8. The molecule has 0 bridgehead atoms. The van der Waals surface area contributed by atoms with Gasteiger partial charge in [-0.1, -0.05) is 17.7 Å². The van der Waals surface area contributed by atoms with Crippen molar-refractivity contribution in [3.63, 3.8) is 0 Å². The number of hydrogen-bond donors (Lipinski definition) is 1. The summed E-state index contributed by atoms with van der Waals surface area (Å²) in [5.74, 6) is 0.450. The van der Waals surface area contributed by atoms with E-state index in [2.05, 4.69) is 15.9 Å². The third-order valence-corrected chi connectivity index (χ3v) is 3.53. The molecule has 110 valence electrons. The van der Waals surface area contributed by atoms with Gasteiger partial charge >= 0.3 is 5.97 Å². The number of nitrogen functional groups attached to an aromatic ring is 1. The number of rotatable bonds is 4. The fraction of sp³-hybridized carbons (Fsp3) is 0.133. The van der Waals surface area contributed by atoms with Gasteiger partial charge in [-0.05, 0) is 53.2 Å². The Kier molecular flexibility index (Phi) is 5.09. The molecule has 0 unspecified atom stereocenters. The molecule has 0 aliphatic heterocycles. The Labute approximate surface area is 135 Å². The van der Waals surface area contributed by atoms with Crippen molar-refractivity contribution in [2.45, 2.75) is 6.92 Å². The third kappa shape index (κ3) is 3.68. The van der Waals surface area contributed by atoms with E-state index < -0.39 is 5.97 Å². The first kappa shape index (κ1) is 15.7. The molecule has 2 aromatic rings. The van der Waals surface area contributed by atoms with E-state index in [1.807, 2.05) is 0 Å². The fourth-order valence-electron chi connectivity index (χ4n) is 1.70. The van der Waals surface area contributed by atoms with E-state index in [0.29, 0.717) is 21.0 Å². The average Bonchev–Trinajstić information content (AvgIpc) is 2.44. The highest BCUT2D eigenvalue weighted by Gasteiger charge is 2.15. The van der Waals surface area contributed by atoms with Gasteiger partial charge in [0.25, 0.3) is 0 Å². The summed E-state index contributed by atoms with van der Waals surface area (Å²) in [5.41, 5.74) is 6.49. The van der Waals surface area contributed by atoms with E-state index in [1.165, 1.54) is 0 Å². The van der Waals surface area contributed by atoms with Crippen molar-refractivity contribution in [2.75, 3.05) is 12.3 Å². The van der Waals surface area contributed by atoms with Crippen LogP contribution >= 0.6 is 27.5 Å². The molecule has 0 heterocycles. The number of carbonyl (C=O) groups is 1. The lowest BCUT2D eigenvalue weighted by molar-refractivity contribution is 0.0527. The van der Waals surface area contributed by atoms with Gasteiger partial charge in [0.2, 0.25) is 0 Å². The van der Waals surface area contributed by atoms with Gasteiger partial charge in [-0.15, -0.1) is 0 Å². The molecule has 0 aliphatic rings. The van der Waals surface area contributed by atoms with E-state index in [4.69, 9.17) is 26.8 Å². The van der Waals surface area contributed by atoms with Gasteiger partial charge in [0.05, 0.1) is 22.3 Å². The van der Waals surface area contributed by atoms with Crippen molar-refractivity contribution in [2.24, 2.45) is 0 Å². The quantitative estimate of drug-likeness (QED) is 0.628. The maximum atomic E-state index is 11.8. The van der Waals surface area contributed by atoms with Crippen molar-refractivity contribution in [1.82, 2.24) is 0 Å². The first-order valence-electron chi connectivity index (χ1n) is 6.21. The number of hydrogen-bond acceptors (Lipinski definition) is 4. The predicted octanol–water partition coefficient (Wildman–Crippen LogP) is 4.65. The number of benzene rings is 2. The number of ether oxygens (including phenoxy) is 2. The molecule has 21 heavy (non-hydrogen) atoms. The molecular weight excluding hydrogens is 358 g/mol. The van der Waals surface area contributed by atoms with Crippen LogP contribution in [0.25, 0.3) is 0 Å². The van der Waals surface area contributed by atoms with Crippen LogP contribution in [0.5, 0.6) is 11.5 Å². The van der Waals surface area contributed by atoms with Gasteiger partial charge in [-0.2, -0.15) is 0 Å². The molecular formula is C15H13BrClNO3. The largest absolute Gasteiger partial charge is 0.462 e. The monoisotopic (exact) mass is 369 g/mol. The van der Waals surface area contributed by atoms with Gasteiger partial charge in [0, 0.05) is 5.02 Å². The summed E-state index contributed by atoms with van der Waals surface area (Å²) < 4.78 is 11.4. The number of carbonyl (C=O) groups excluding carboxylic acids is 1. The lowest BCUT2D eigenvalue weighted by Crippen LogP contribution is -2.08. The number of halogens is 2. The Morgan fingerprint density at radius 3 is 2.71 bits per heavy atom. The summed E-state index contributed by atoms with van der Waals surface area (Å²) in [6.45, 7) is 2.02. The first-order valence-corrected chi connectivity index (χ1v) is 7.38. The second-order valence-electron chi connectivity index (χ2n) is 4.11. The fourth-order valence-corrected chi connectivity index (χ4v) is 2.46. The average molecular weight is 371 g/mol. The Morgan fingerprint density at radius 1 is 1.29 bits per heavy atom. The molecule has 0 aliphatic carbocycles. The van der Waals surface area contributed by atoms with Crippen molar-refractivity contribution in [3.05, 3.63) is 51.5 Å². The highest BCUT2D eigenvalue weighted by atomic mass is 79.9. The van der Waals surface area contributed by atoms with Crippen molar-refractivity contribution >= 4 is 39.2 Å². The SMILES string of the molecule is CCOC(=O)c1cccc(Oc2ccc(Cl)cc2Br)c1N. The highest BCUT2D eigenvalue weighted by molar-refractivity contribution is 9.10. The van der Waals surface area contributed by atoms with Gasteiger partial charge < -0.3 is 15.2 Å². The van der Waals surface area contributed by atoms with E-state index >= 15 is 0 Å². The normalized spacial score (nSPS) is 10.2. The van der Waals surface area contributed by atoms with Crippen molar-refractivity contribution < 1.29 is 14.3 Å². The zero-order chi connectivity index (χ0) is 15.4. The summed E-state index contributed by atoms with van der Waals surface area (Å²) in [6, 6.07) is 10.1. The van der Waals surface area contributed by atoms with Gasteiger partial charge in [-0.25, -0.2) is 4.79 Å². The lowest BCUT2D eigenvalue weighted by atomic mass is 10.1. The molecule has 0 amide bonds. The molecule has 0 saturated heterocycles. The molecule has 6 heteroatoms. The zero-order valence-corrected chi connectivity index (χ0v) is 13.6. The van der Waals surface area contributed by atoms with E-state index in [0.717, 1.165) is 0 Å². The second kappa shape index (κ2) is 6.83. The van der Waals surface area contributed by atoms with Crippen LogP contribution in [0.4, 0.5) is 5.69 Å². The van der Waals surface area contributed by atoms with Gasteiger partial charge in [0.1, 0.15) is 5.75 Å².